The van der Waals surface area contributed by atoms with Crippen molar-refractivity contribution in [3.8, 4) is 5.75 Å². The van der Waals surface area contributed by atoms with Gasteiger partial charge < -0.3 is 15.0 Å². The number of thioether (sulfide) groups is 1. The second-order valence-electron chi connectivity index (χ2n) is 9.12. The SMILES string of the molecule is O=C(COc1ccc(Br)cc1C1c2sc(=O)[nH]c2SC2C(=O)N(c3ccc(Br)cc3)C(=O)C21)Nc1ccccc1. The number of fused-ring (bicyclic) bond motifs is 2. The van der Waals surface area contributed by atoms with Gasteiger partial charge in [-0.3, -0.25) is 19.2 Å². The summed E-state index contributed by atoms with van der Waals surface area (Å²) in [5.74, 6) is -2.09. The minimum absolute atomic E-state index is 0.271. The van der Waals surface area contributed by atoms with E-state index in [0.717, 1.165) is 20.3 Å². The Hall–Kier alpha value is -3.19. The van der Waals surface area contributed by atoms with E-state index in [4.69, 9.17) is 4.74 Å². The molecule has 4 aromatic rings. The van der Waals surface area contributed by atoms with Gasteiger partial charge in [-0.2, -0.15) is 0 Å². The molecule has 3 heterocycles. The van der Waals surface area contributed by atoms with E-state index in [1.54, 1.807) is 48.5 Å². The van der Waals surface area contributed by atoms with Crippen molar-refractivity contribution in [3.63, 3.8) is 0 Å². The summed E-state index contributed by atoms with van der Waals surface area (Å²) in [6, 6.07) is 21.3. The number of hydrogen-bond acceptors (Lipinski definition) is 7. The van der Waals surface area contributed by atoms with Crippen LogP contribution < -0.4 is 19.8 Å². The van der Waals surface area contributed by atoms with E-state index in [9.17, 15) is 19.2 Å². The molecule has 2 aliphatic heterocycles. The highest BCUT2D eigenvalue weighted by Gasteiger charge is 2.56. The van der Waals surface area contributed by atoms with Crippen molar-refractivity contribution in [2.75, 3.05) is 16.8 Å². The van der Waals surface area contributed by atoms with Crippen molar-refractivity contribution in [1.82, 2.24) is 4.98 Å². The molecule has 3 atom stereocenters. The summed E-state index contributed by atoms with van der Waals surface area (Å²) in [6.07, 6.45) is 0. The molecule has 0 saturated carbocycles. The second-order valence-corrected chi connectivity index (χ2v) is 13.1. The molecular formula is C28H19Br2N3O5S2. The Labute approximate surface area is 253 Å². The number of imide groups is 1. The first kappa shape index (κ1) is 27.0. The number of benzene rings is 3. The van der Waals surface area contributed by atoms with Gasteiger partial charge in [0.15, 0.2) is 6.61 Å². The molecule has 0 bridgehead atoms. The number of H-pyrrole nitrogens is 1. The van der Waals surface area contributed by atoms with Crippen molar-refractivity contribution in [2.24, 2.45) is 5.92 Å². The Bertz CT molecular complexity index is 1690. The number of aromatic amines is 1. The number of aromatic nitrogens is 1. The first-order chi connectivity index (χ1) is 19.3. The second kappa shape index (κ2) is 11.0. The minimum Gasteiger partial charge on any atom is -0.483 e. The van der Waals surface area contributed by atoms with Crippen LogP contribution in [0, 0.1) is 5.92 Å². The van der Waals surface area contributed by atoms with E-state index >= 15 is 0 Å². The molecule has 0 aliphatic carbocycles. The number of ether oxygens (including phenoxy) is 1. The number of nitrogens with zero attached hydrogens (tertiary/aromatic N) is 1. The molecule has 12 heteroatoms. The molecule has 1 aromatic heterocycles. The van der Waals surface area contributed by atoms with Gasteiger partial charge in [0.05, 0.1) is 16.6 Å². The van der Waals surface area contributed by atoms with Crippen LogP contribution >= 0.6 is 55.0 Å². The molecule has 3 unspecified atom stereocenters. The summed E-state index contributed by atoms with van der Waals surface area (Å²) in [5, 5.41) is 2.61. The molecule has 0 radical (unpaired) electrons. The molecule has 3 aromatic carbocycles. The van der Waals surface area contributed by atoms with Crippen molar-refractivity contribution in [1.29, 1.82) is 0 Å². The molecule has 1 saturated heterocycles. The Morgan fingerprint density at radius 3 is 2.42 bits per heavy atom. The Kier molecular flexibility index (Phi) is 7.43. The third-order valence-electron chi connectivity index (χ3n) is 6.63. The molecule has 3 amide bonds. The quantitative estimate of drug-likeness (QED) is 0.247. The van der Waals surface area contributed by atoms with Crippen LogP contribution in [0.25, 0.3) is 0 Å². The highest BCUT2D eigenvalue weighted by atomic mass is 79.9. The largest absolute Gasteiger partial charge is 0.483 e. The van der Waals surface area contributed by atoms with Crippen LogP contribution in [0.2, 0.25) is 0 Å². The zero-order chi connectivity index (χ0) is 28.0. The minimum atomic E-state index is -0.783. The fourth-order valence-corrected chi connectivity index (χ4v) is 8.10. The van der Waals surface area contributed by atoms with Crippen LogP contribution in [0.4, 0.5) is 11.4 Å². The van der Waals surface area contributed by atoms with Gasteiger partial charge in [-0.25, -0.2) is 4.90 Å². The number of hydrogen-bond donors (Lipinski definition) is 2. The van der Waals surface area contributed by atoms with Crippen molar-refractivity contribution in [2.45, 2.75) is 16.2 Å². The average molecular weight is 701 g/mol. The lowest BCUT2D eigenvalue weighted by atomic mass is 9.82. The third-order valence-corrected chi connectivity index (χ3v) is 10.1. The maximum absolute atomic E-state index is 14.0. The first-order valence-electron chi connectivity index (χ1n) is 12.1. The fraction of sp³-hybridized carbons (Fsp3) is 0.143. The molecule has 8 nitrogen and oxygen atoms in total. The summed E-state index contributed by atoms with van der Waals surface area (Å²) in [5.41, 5.74) is 1.73. The maximum atomic E-state index is 14.0. The van der Waals surface area contributed by atoms with E-state index in [1.165, 1.54) is 16.7 Å². The number of anilines is 2. The maximum Gasteiger partial charge on any atom is 0.305 e. The normalized spacial score (nSPS) is 19.8. The van der Waals surface area contributed by atoms with E-state index in [2.05, 4.69) is 42.2 Å². The summed E-state index contributed by atoms with van der Waals surface area (Å²) in [4.78, 5) is 57.2. The molecule has 2 N–H and O–H groups in total. The van der Waals surface area contributed by atoms with Crippen LogP contribution in [0.15, 0.2) is 91.6 Å². The van der Waals surface area contributed by atoms with Crippen molar-refractivity contribution >= 4 is 84.1 Å². The lowest BCUT2D eigenvalue weighted by Crippen LogP contribution is -2.32. The molecular weight excluding hydrogens is 682 g/mol. The van der Waals surface area contributed by atoms with E-state index in [1.807, 2.05) is 24.3 Å². The van der Waals surface area contributed by atoms with Crippen LogP contribution in [0.5, 0.6) is 5.75 Å². The number of thiazole rings is 1. The van der Waals surface area contributed by atoms with Gasteiger partial charge >= 0.3 is 4.87 Å². The number of para-hydroxylation sites is 1. The monoisotopic (exact) mass is 699 g/mol. The molecule has 40 heavy (non-hydrogen) atoms. The summed E-state index contributed by atoms with van der Waals surface area (Å²) >= 11 is 9.13. The van der Waals surface area contributed by atoms with Gasteiger partial charge in [0.1, 0.15) is 11.0 Å². The molecule has 2 aliphatic rings. The summed E-state index contributed by atoms with van der Waals surface area (Å²) in [6.45, 7) is -0.271. The van der Waals surface area contributed by atoms with Crippen LogP contribution in [0.1, 0.15) is 16.4 Å². The predicted molar refractivity (Wildman–Crippen MR) is 161 cm³/mol. The smallest absolute Gasteiger partial charge is 0.305 e. The zero-order valence-electron chi connectivity index (χ0n) is 20.4. The predicted octanol–water partition coefficient (Wildman–Crippen LogP) is 5.77. The third kappa shape index (κ3) is 5.05. The summed E-state index contributed by atoms with van der Waals surface area (Å²) in [7, 11) is 0. The Balaban J connectivity index is 1.37. The Morgan fingerprint density at radius 2 is 1.68 bits per heavy atom. The van der Waals surface area contributed by atoms with Crippen LogP contribution in [0.3, 0.4) is 0 Å². The van der Waals surface area contributed by atoms with Gasteiger partial charge in [-0.05, 0) is 54.6 Å². The van der Waals surface area contributed by atoms with E-state index in [-0.39, 0.29) is 29.2 Å². The van der Waals surface area contributed by atoms with Gasteiger partial charge in [0.25, 0.3) is 5.91 Å². The Morgan fingerprint density at radius 1 is 0.950 bits per heavy atom. The van der Waals surface area contributed by atoms with E-state index in [0.29, 0.717) is 32.6 Å². The van der Waals surface area contributed by atoms with Crippen molar-refractivity contribution < 1.29 is 19.1 Å². The van der Waals surface area contributed by atoms with Crippen LogP contribution in [-0.2, 0) is 14.4 Å². The number of rotatable bonds is 6. The van der Waals surface area contributed by atoms with Gasteiger partial charge in [0.2, 0.25) is 11.8 Å². The number of nitrogens with one attached hydrogen (secondary N) is 2. The first-order valence-corrected chi connectivity index (χ1v) is 15.4. The number of carbonyl (C=O) groups excluding carboxylic acids is 3. The van der Waals surface area contributed by atoms with E-state index < -0.39 is 17.1 Å². The number of carbonyl (C=O) groups is 3. The van der Waals surface area contributed by atoms with Gasteiger partial charge in [-0.1, -0.05) is 73.2 Å². The molecule has 202 valence electrons. The summed E-state index contributed by atoms with van der Waals surface area (Å²) < 4.78 is 7.55. The topological polar surface area (TPSA) is 109 Å². The lowest BCUT2D eigenvalue weighted by Gasteiger charge is -2.31. The van der Waals surface area contributed by atoms with Gasteiger partial charge in [0, 0.05) is 31.0 Å². The lowest BCUT2D eigenvalue weighted by molar-refractivity contribution is -0.122. The highest BCUT2D eigenvalue weighted by molar-refractivity contribution is 9.10. The molecule has 6 rings (SSSR count). The van der Waals surface area contributed by atoms with Crippen molar-refractivity contribution in [3.05, 3.63) is 102 Å². The fourth-order valence-electron chi connectivity index (χ4n) is 4.95. The average Bonchev–Trinajstić information content (AvgIpc) is 3.43. The molecule has 0 spiro atoms. The van der Waals surface area contributed by atoms with Crippen LogP contribution in [-0.4, -0.2) is 34.6 Å². The molecule has 1 fully saturated rings. The zero-order valence-corrected chi connectivity index (χ0v) is 25.2. The highest BCUT2D eigenvalue weighted by Crippen LogP contribution is 2.54. The number of halogens is 2. The van der Waals surface area contributed by atoms with Gasteiger partial charge in [-0.15, -0.1) is 0 Å². The number of amides is 3. The standard InChI is InChI=1S/C28H19Br2N3O5S2/c29-14-6-9-17(10-7-14)33-26(35)22-21(23-25(32-28(37)40-23)39-24(22)27(33)36)18-12-15(30)8-11-19(18)38-13-20(34)31-16-4-2-1-3-5-16/h1-12,21-22,24H,13H2,(H,31,34)(H,32,37).